The van der Waals surface area contributed by atoms with Crippen LogP contribution in [0.3, 0.4) is 0 Å². The van der Waals surface area contributed by atoms with Gasteiger partial charge in [0.2, 0.25) is 0 Å². The number of anilines is 1. The molecule has 2 N–H and O–H groups in total. The summed E-state index contributed by atoms with van der Waals surface area (Å²) in [6.07, 6.45) is 9.99. The van der Waals surface area contributed by atoms with Crippen molar-refractivity contribution in [2.45, 2.75) is 49.9 Å². The number of hydrogen-bond donors (Lipinski definition) is 2. The van der Waals surface area contributed by atoms with Gasteiger partial charge in [0.1, 0.15) is 24.3 Å². The molecular weight excluding hydrogens is 541 g/mol. The van der Waals surface area contributed by atoms with Crippen molar-refractivity contribution in [3.8, 4) is 35.2 Å². The monoisotopic (exact) mass is 577 g/mol. The molecule has 7 nitrogen and oxygen atoms in total. The lowest BCUT2D eigenvalue weighted by Gasteiger charge is -2.31. The molecule has 0 amide bonds. The molecule has 4 aromatic rings. The van der Waals surface area contributed by atoms with Crippen molar-refractivity contribution in [2.24, 2.45) is 5.92 Å². The standard InChI is InChI=1S/C35H36FN5O2/c1-2-22-6-3-7-24-14-27(42)16-29(32(22)24)23-9-10-28-30(15-23)38-34(43-21-35-11-5-13-41(35)19-26(36)17-35)39-33(28)40-18-25-8-4-12-37-31(25)20-40/h1,3,6-7,9-10,14-16,25-26,31,37,42H,4-5,8,11-13,17-21H2/t25-,26-,31+,35+/m1/s1. The van der Waals surface area contributed by atoms with E-state index in [0.717, 1.165) is 83.2 Å². The minimum atomic E-state index is -0.815. The predicted molar refractivity (Wildman–Crippen MR) is 167 cm³/mol. The Balaban J connectivity index is 1.23. The van der Waals surface area contributed by atoms with E-state index in [1.54, 1.807) is 12.1 Å². The fraction of sp³-hybridized carbons (Fsp3) is 0.429. The van der Waals surface area contributed by atoms with E-state index in [4.69, 9.17) is 21.1 Å². The molecule has 1 aromatic heterocycles. The molecule has 3 aromatic carbocycles. The topological polar surface area (TPSA) is 73.8 Å². The molecule has 220 valence electrons. The third-order valence-electron chi connectivity index (χ3n) is 10.2. The number of alkyl halides is 1. The molecule has 8 rings (SSSR count). The Morgan fingerprint density at radius 3 is 2.93 bits per heavy atom. The fourth-order valence-electron chi connectivity index (χ4n) is 8.19. The first-order chi connectivity index (χ1) is 21.0. The Morgan fingerprint density at radius 2 is 2.05 bits per heavy atom. The Labute approximate surface area is 251 Å². The molecule has 0 radical (unpaired) electrons. The number of halogens is 1. The number of aromatic hydroxyl groups is 1. The SMILES string of the molecule is C#Cc1cccc2cc(O)cc(-c3ccc4c(N5C[C@H]6CCCN[C@H]6C5)nc(OC[C@@]56CCCN5C[C@H](F)C6)nc4c3)c12. The van der Waals surface area contributed by atoms with E-state index in [9.17, 15) is 9.50 Å². The van der Waals surface area contributed by atoms with Crippen molar-refractivity contribution in [1.82, 2.24) is 20.2 Å². The Kier molecular flexibility index (Phi) is 6.43. The van der Waals surface area contributed by atoms with E-state index >= 15 is 0 Å². The van der Waals surface area contributed by atoms with Gasteiger partial charge >= 0.3 is 6.01 Å². The van der Waals surface area contributed by atoms with E-state index in [1.165, 1.54) is 12.8 Å². The van der Waals surface area contributed by atoms with Crippen LogP contribution in [0.1, 0.15) is 37.7 Å². The molecule has 4 atom stereocenters. The maximum absolute atomic E-state index is 14.5. The number of hydrogen-bond acceptors (Lipinski definition) is 7. The number of ether oxygens (including phenoxy) is 1. The molecule has 0 spiro atoms. The number of benzene rings is 3. The lowest BCUT2D eigenvalue weighted by atomic mass is 9.94. The van der Waals surface area contributed by atoms with Crippen LogP contribution < -0.4 is 15.0 Å². The van der Waals surface area contributed by atoms with Gasteiger partial charge in [-0.3, -0.25) is 4.90 Å². The largest absolute Gasteiger partial charge is 0.508 e. The highest BCUT2D eigenvalue weighted by atomic mass is 19.1. The van der Waals surface area contributed by atoms with Gasteiger partial charge in [0.25, 0.3) is 0 Å². The molecule has 4 aliphatic rings. The molecule has 0 bridgehead atoms. The molecule has 5 heterocycles. The molecule has 0 saturated carbocycles. The Morgan fingerprint density at radius 1 is 1.12 bits per heavy atom. The first-order valence-corrected chi connectivity index (χ1v) is 15.5. The van der Waals surface area contributed by atoms with Gasteiger partial charge in [-0.2, -0.15) is 9.97 Å². The van der Waals surface area contributed by atoms with Crippen LogP contribution in [0, 0.1) is 18.3 Å². The molecule has 8 heteroatoms. The highest BCUT2D eigenvalue weighted by Gasteiger charge is 2.49. The average Bonchev–Trinajstić information content (AvgIpc) is 3.70. The van der Waals surface area contributed by atoms with Crippen LogP contribution in [0.25, 0.3) is 32.8 Å². The summed E-state index contributed by atoms with van der Waals surface area (Å²) >= 11 is 0. The summed E-state index contributed by atoms with van der Waals surface area (Å²) in [5.41, 5.74) is 3.02. The maximum Gasteiger partial charge on any atom is 0.319 e. The molecule has 43 heavy (non-hydrogen) atoms. The zero-order valence-electron chi connectivity index (χ0n) is 24.2. The van der Waals surface area contributed by atoms with Crippen molar-refractivity contribution in [1.29, 1.82) is 0 Å². The van der Waals surface area contributed by atoms with Crippen LogP contribution in [0.4, 0.5) is 10.2 Å². The number of aromatic nitrogens is 2. The minimum absolute atomic E-state index is 0.180. The quantitative estimate of drug-likeness (QED) is 0.313. The zero-order chi connectivity index (χ0) is 29.1. The summed E-state index contributed by atoms with van der Waals surface area (Å²) in [7, 11) is 0. The van der Waals surface area contributed by atoms with Crippen LogP contribution in [0.2, 0.25) is 0 Å². The normalized spacial score (nSPS) is 27.0. The number of phenols is 1. The summed E-state index contributed by atoms with van der Waals surface area (Å²) < 4.78 is 20.9. The first-order valence-electron chi connectivity index (χ1n) is 15.5. The summed E-state index contributed by atoms with van der Waals surface area (Å²) in [6.45, 7) is 4.67. The zero-order valence-corrected chi connectivity index (χ0v) is 24.2. The van der Waals surface area contributed by atoms with E-state index in [1.807, 2.05) is 24.3 Å². The van der Waals surface area contributed by atoms with Crippen LogP contribution in [-0.2, 0) is 0 Å². The number of terminal acetylenes is 1. The maximum atomic E-state index is 14.5. The van der Waals surface area contributed by atoms with Crippen LogP contribution in [-0.4, -0.2) is 77.1 Å². The number of piperidine rings is 1. The molecular formula is C35H36FN5O2. The number of phenolic OH excluding ortho intramolecular Hbond substituents is 1. The Hall–Kier alpha value is -3.93. The minimum Gasteiger partial charge on any atom is -0.508 e. The second kappa shape index (κ2) is 10.4. The summed E-state index contributed by atoms with van der Waals surface area (Å²) in [6, 6.07) is 16.3. The Bertz CT molecular complexity index is 1760. The number of rotatable bonds is 5. The summed E-state index contributed by atoms with van der Waals surface area (Å²) in [5.74, 6) is 4.46. The van der Waals surface area contributed by atoms with E-state index in [0.29, 0.717) is 37.5 Å². The van der Waals surface area contributed by atoms with Gasteiger partial charge in [0.15, 0.2) is 0 Å². The molecule has 4 fully saturated rings. The van der Waals surface area contributed by atoms with Crippen molar-refractivity contribution in [3.05, 3.63) is 54.1 Å². The third kappa shape index (κ3) is 4.57. The summed E-state index contributed by atoms with van der Waals surface area (Å²) in [4.78, 5) is 14.6. The molecule has 0 aliphatic carbocycles. The van der Waals surface area contributed by atoms with E-state index in [2.05, 4.69) is 33.2 Å². The van der Waals surface area contributed by atoms with Crippen molar-refractivity contribution < 1.29 is 14.2 Å². The lowest BCUT2D eigenvalue weighted by Crippen LogP contribution is -2.43. The summed E-state index contributed by atoms with van der Waals surface area (Å²) in [5, 5.41) is 17.1. The molecule has 4 aliphatic heterocycles. The van der Waals surface area contributed by atoms with Gasteiger partial charge in [-0.1, -0.05) is 24.1 Å². The van der Waals surface area contributed by atoms with Gasteiger partial charge in [-0.25, -0.2) is 4.39 Å². The predicted octanol–water partition coefficient (Wildman–Crippen LogP) is 5.28. The van der Waals surface area contributed by atoms with Crippen LogP contribution in [0.5, 0.6) is 11.8 Å². The van der Waals surface area contributed by atoms with Crippen LogP contribution in [0.15, 0.2) is 48.5 Å². The van der Waals surface area contributed by atoms with Gasteiger partial charge in [-0.05, 0) is 91.5 Å². The second-order valence-corrected chi connectivity index (χ2v) is 12.8. The van der Waals surface area contributed by atoms with E-state index < -0.39 is 6.17 Å². The lowest BCUT2D eigenvalue weighted by molar-refractivity contribution is 0.107. The smallest absolute Gasteiger partial charge is 0.319 e. The fourth-order valence-corrected chi connectivity index (χ4v) is 8.19. The first kappa shape index (κ1) is 26.7. The van der Waals surface area contributed by atoms with Gasteiger partial charge < -0.3 is 20.1 Å². The van der Waals surface area contributed by atoms with Gasteiger partial charge in [0, 0.05) is 48.4 Å². The van der Waals surface area contributed by atoms with Crippen LogP contribution >= 0.6 is 0 Å². The highest BCUT2D eigenvalue weighted by Crippen LogP contribution is 2.42. The number of nitrogens with zero attached hydrogens (tertiary/aromatic N) is 4. The van der Waals surface area contributed by atoms with E-state index in [-0.39, 0.29) is 11.3 Å². The highest BCUT2D eigenvalue weighted by molar-refractivity contribution is 6.03. The van der Waals surface area contributed by atoms with Crippen molar-refractivity contribution in [2.75, 3.05) is 44.2 Å². The average molecular weight is 578 g/mol. The van der Waals surface area contributed by atoms with Gasteiger partial charge in [0.05, 0.1) is 11.1 Å². The van der Waals surface area contributed by atoms with Crippen molar-refractivity contribution in [3.63, 3.8) is 0 Å². The number of nitrogens with one attached hydrogen (secondary N) is 1. The van der Waals surface area contributed by atoms with Crippen molar-refractivity contribution >= 4 is 27.5 Å². The second-order valence-electron chi connectivity index (χ2n) is 12.8. The molecule has 4 saturated heterocycles. The third-order valence-corrected chi connectivity index (χ3v) is 10.2. The number of fused-ring (bicyclic) bond motifs is 4. The molecule has 0 unspecified atom stereocenters. The van der Waals surface area contributed by atoms with Gasteiger partial charge in [-0.15, -0.1) is 6.42 Å².